The lowest BCUT2D eigenvalue weighted by molar-refractivity contribution is -0.142. The summed E-state index contributed by atoms with van der Waals surface area (Å²) in [5.41, 5.74) is 0.732. The van der Waals surface area contributed by atoms with Crippen molar-refractivity contribution >= 4 is 5.96 Å². The van der Waals surface area contributed by atoms with E-state index in [2.05, 4.69) is 20.5 Å². The molecule has 0 bridgehead atoms. The van der Waals surface area contributed by atoms with Crippen LogP contribution in [0.5, 0.6) is 0 Å². The molecule has 5 nitrogen and oxygen atoms in total. The van der Waals surface area contributed by atoms with E-state index in [-0.39, 0.29) is 12.6 Å². The van der Waals surface area contributed by atoms with Crippen LogP contribution >= 0.6 is 0 Å². The molecule has 1 aromatic carbocycles. The Labute approximate surface area is 168 Å². The first-order chi connectivity index (χ1) is 13.7. The van der Waals surface area contributed by atoms with Gasteiger partial charge in [-0.25, -0.2) is 8.78 Å². The third-order valence-electron chi connectivity index (χ3n) is 4.78. The molecule has 2 rings (SSSR count). The lowest BCUT2D eigenvalue weighted by Crippen LogP contribution is -2.49. The average Bonchev–Trinajstić information content (AvgIpc) is 2.64. The number of alkyl halides is 3. The van der Waals surface area contributed by atoms with Crippen LogP contribution in [-0.2, 0) is 6.54 Å². The minimum atomic E-state index is -4.21. The number of benzene rings is 1. The van der Waals surface area contributed by atoms with Gasteiger partial charge in [-0.15, -0.1) is 0 Å². The van der Waals surface area contributed by atoms with Crippen LogP contribution in [0, 0.1) is 11.6 Å². The Hall–Kier alpha value is -1.94. The van der Waals surface area contributed by atoms with Crippen LogP contribution in [0.3, 0.4) is 0 Å². The number of nitrogens with one attached hydrogen (secondary N) is 2. The van der Waals surface area contributed by atoms with Crippen molar-refractivity contribution < 1.29 is 22.0 Å². The van der Waals surface area contributed by atoms with E-state index in [4.69, 9.17) is 0 Å². The second kappa shape index (κ2) is 10.7. The van der Waals surface area contributed by atoms with Gasteiger partial charge in [0.25, 0.3) is 0 Å². The van der Waals surface area contributed by atoms with Crippen molar-refractivity contribution in [1.29, 1.82) is 0 Å². The second-order valence-electron chi connectivity index (χ2n) is 7.30. The molecular weight excluding hydrogens is 393 g/mol. The number of guanidine groups is 1. The molecule has 2 N–H and O–H groups in total. The highest BCUT2D eigenvalue weighted by molar-refractivity contribution is 5.79. The van der Waals surface area contributed by atoms with Gasteiger partial charge in [-0.1, -0.05) is 6.07 Å². The molecule has 1 saturated heterocycles. The van der Waals surface area contributed by atoms with E-state index in [0.29, 0.717) is 19.0 Å². The van der Waals surface area contributed by atoms with E-state index in [9.17, 15) is 22.0 Å². The minimum Gasteiger partial charge on any atom is -0.355 e. The maximum atomic E-state index is 13.3. The number of piperidine rings is 1. The van der Waals surface area contributed by atoms with Gasteiger partial charge in [0.15, 0.2) is 17.6 Å². The summed E-state index contributed by atoms with van der Waals surface area (Å²) in [6.07, 6.45) is -2.51. The smallest absolute Gasteiger partial charge is 0.355 e. The molecule has 1 aromatic rings. The summed E-state index contributed by atoms with van der Waals surface area (Å²) in [5.74, 6) is -1.13. The van der Waals surface area contributed by atoms with Gasteiger partial charge in [0, 0.05) is 45.8 Å². The molecule has 0 radical (unpaired) electrons. The normalized spacial score (nSPS) is 17.0. The van der Waals surface area contributed by atoms with E-state index in [1.54, 1.807) is 13.1 Å². The van der Waals surface area contributed by atoms with Gasteiger partial charge >= 0.3 is 6.18 Å². The molecule has 1 fully saturated rings. The fraction of sp³-hybridized carbons (Fsp3) is 0.632. The highest BCUT2D eigenvalue weighted by atomic mass is 19.4. The van der Waals surface area contributed by atoms with Crippen LogP contribution in [0.2, 0.25) is 0 Å². The van der Waals surface area contributed by atoms with Crippen LogP contribution in [0.4, 0.5) is 22.0 Å². The Bertz CT molecular complexity index is 671. The van der Waals surface area contributed by atoms with E-state index >= 15 is 0 Å². The van der Waals surface area contributed by atoms with Crippen molar-refractivity contribution in [2.45, 2.75) is 31.6 Å². The molecule has 1 aliphatic rings. The number of likely N-dealkylation sites (tertiary alicyclic amines) is 1. The molecule has 0 spiro atoms. The molecule has 0 unspecified atom stereocenters. The Balaban J connectivity index is 1.69. The Kier molecular flexibility index (Phi) is 8.63. The summed E-state index contributed by atoms with van der Waals surface area (Å²) >= 11 is 0. The average molecular weight is 421 g/mol. The molecule has 0 amide bonds. The van der Waals surface area contributed by atoms with Crippen molar-refractivity contribution in [2.24, 2.45) is 4.99 Å². The van der Waals surface area contributed by atoms with Gasteiger partial charge in [0.1, 0.15) is 0 Å². The summed E-state index contributed by atoms with van der Waals surface area (Å²) < 4.78 is 63.4. The van der Waals surface area contributed by atoms with Crippen LogP contribution in [0.1, 0.15) is 18.4 Å². The SMILES string of the molecule is CN=C(NCCN(C)CC(F)(F)F)NC1CCN(Cc2ccc(F)c(F)c2)CC1. The molecule has 164 valence electrons. The lowest BCUT2D eigenvalue weighted by atomic mass is 10.0. The largest absolute Gasteiger partial charge is 0.401 e. The first kappa shape index (κ1) is 23.3. The zero-order valence-electron chi connectivity index (χ0n) is 16.7. The predicted molar refractivity (Wildman–Crippen MR) is 103 cm³/mol. The molecule has 1 aliphatic heterocycles. The summed E-state index contributed by atoms with van der Waals surface area (Å²) in [4.78, 5) is 7.50. The summed E-state index contributed by atoms with van der Waals surface area (Å²) in [7, 11) is 3.04. The number of likely N-dealkylation sites (N-methyl/N-ethyl adjacent to an activating group) is 1. The van der Waals surface area contributed by atoms with Gasteiger partial charge in [0.2, 0.25) is 0 Å². The van der Waals surface area contributed by atoms with Crippen molar-refractivity contribution in [3.8, 4) is 0 Å². The number of nitrogens with zero attached hydrogens (tertiary/aromatic N) is 3. The zero-order chi connectivity index (χ0) is 21.4. The summed E-state index contributed by atoms with van der Waals surface area (Å²) in [6.45, 7) is 1.79. The van der Waals surface area contributed by atoms with Crippen LogP contribution in [0.25, 0.3) is 0 Å². The molecular formula is C19H28F5N5. The molecule has 29 heavy (non-hydrogen) atoms. The zero-order valence-corrected chi connectivity index (χ0v) is 16.7. The van der Waals surface area contributed by atoms with Gasteiger partial charge < -0.3 is 10.6 Å². The summed E-state index contributed by atoms with van der Waals surface area (Å²) in [6, 6.07) is 4.14. The third kappa shape index (κ3) is 8.53. The van der Waals surface area contributed by atoms with Gasteiger partial charge in [-0.2, -0.15) is 13.2 Å². The number of hydrogen-bond acceptors (Lipinski definition) is 3. The topological polar surface area (TPSA) is 42.9 Å². The predicted octanol–water partition coefficient (Wildman–Crippen LogP) is 2.59. The molecule has 10 heteroatoms. The second-order valence-corrected chi connectivity index (χ2v) is 7.30. The maximum absolute atomic E-state index is 13.3. The van der Waals surface area contributed by atoms with Crippen molar-refractivity contribution in [3.63, 3.8) is 0 Å². The first-order valence-corrected chi connectivity index (χ1v) is 9.55. The number of halogens is 5. The Morgan fingerprint density at radius 1 is 1.21 bits per heavy atom. The van der Waals surface area contributed by atoms with E-state index < -0.39 is 24.4 Å². The highest BCUT2D eigenvalue weighted by Crippen LogP contribution is 2.16. The lowest BCUT2D eigenvalue weighted by Gasteiger charge is -2.33. The van der Waals surface area contributed by atoms with E-state index in [1.807, 2.05) is 0 Å². The number of aliphatic imine (C=N–C) groups is 1. The Morgan fingerprint density at radius 3 is 2.48 bits per heavy atom. The van der Waals surface area contributed by atoms with Gasteiger partial charge in [-0.05, 0) is 37.6 Å². The van der Waals surface area contributed by atoms with Gasteiger partial charge in [-0.3, -0.25) is 14.8 Å². The number of hydrogen-bond donors (Lipinski definition) is 2. The molecule has 0 aromatic heterocycles. The van der Waals surface area contributed by atoms with Crippen molar-refractivity contribution in [2.75, 3.05) is 46.8 Å². The molecule has 0 atom stereocenters. The van der Waals surface area contributed by atoms with E-state index in [0.717, 1.165) is 37.6 Å². The standard InChI is InChI=1S/C19H28F5N5/c1-25-18(26-7-10-28(2)13-19(22,23)24)27-15-5-8-29(9-6-15)12-14-3-4-16(20)17(21)11-14/h3-4,11,15H,5-10,12-13H2,1-2H3,(H2,25,26,27). The fourth-order valence-corrected chi connectivity index (χ4v) is 3.27. The van der Waals surface area contributed by atoms with Crippen LogP contribution < -0.4 is 10.6 Å². The quantitative estimate of drug-likeness (QED) is 0.404. The monoisotopic (exact) mass is 421 g/mol. The van der Waals surface area contributed by atoms with Crippen molar-refractivity contribution in [3.05, 3.63) is 35.4 Å². The third-order valence-corrected chi connectivity index (χ3v) is 4.78. The van der Waals surface area contributed by atoms with E-state index in [1.165, 1.54) is 18.0 Å². The molecule has 1 heterocycles. The van der Waals surface area contributed by atoms with Crippen molar-refractivity contribution in [1.82, 2.24) is 20.4 Å². The minimum absolute atomic E-state index is 0.190. The molecule has 0 aliphatic carbocycles. The van der Waals surface area contributed by atoms with Crippen LogP contribution in [-0.4, -0.2) is 74.8 Å². The Morgan fingerprint density at radius 2 is 1.90 bits per heavy atom. The van der Waals surface area contributed by atoms with Crippen LogP contribution in [0.15, 0.2) is 23.2 Å². The summed E-state index contributed by atoms with van der Waals surface area (Å²) in [5, 5.41) is 6.33. The van der Waals surface area contributed by atoms with Gasteiger partial charge in [0.05, 0.1) is 6.54 Å². The fourth-order valence-electron chi connectivity index (χ4n) is 3.27. The molecule has 0 saturated carbocycles. The number of rotatable bonds is 7. The maximum Gasteiger partial charge on any atom is 0.401 e. The highest BCUT2D eigenvalue weighted by Gasteiger charge is 2.28. The first-order valence-electron chi connectivity index (χ1n) is 9.55.